The van der Waals surface area contributed by atoms with Crippen LogP contribution in [0, 0.1) is 0 Å². The summed E-state index contributed by atoms with van der Waals surface area (Å²) in [5, 5.41) is 3.23. The topological polar surface area (TPSA) is 32.3 Å². The number of benzene rings is 2. The first-order valence-electron chi connectivity index (χ1n) is 8.11. The summed E-state index contributed by atoms with van der Waals surface area (Å²) in [6.07, 6.45) is 0. The van der Waals surface area contributed by atoms with E-state index in [1.165, 1.54) is 5.56 Å². The van der Waals surface area contributed by atoms with Crippen molar-refractivity contribution < 1.29 is 4.79 Å². The third-order valence-corrected chi connectivity index (χ3v) is 4.19. The lowest BCUT2D eigenvalue weighted by Gasteiger charge is -2.24. The number of para-hydroxylation sites is 1. The molecule has 1 N–H and O–H groups in total. The van der Waals surface area contributed by atoms with Crippen molar-refractivity contribution in [1.82, 2.24) is 5.32 Å². The van der Waals surface area contributed by atoms with Crippen LogP contribution in [0.4, 0.5) is 5.69 Å². The Hall–Kier alpha value is -2.20. The van der Waals surface area contributed by atoms with Gasteiger partial charge in [0.1, 0.15) is 0 Å². The summed E-state index contributed by atoms with van der Waals surface area (Å²) in [4.78, 5) is 14.3. The molecule has 0 aliphatic rings. The minimum atomic E-state index is -0.185. The fourth-order valence-electron chi connectivity index (χ4n) is 2.41. The van der Waals surface area contributed by atoms with Crippen molar-refractivity contribution in [3.8, 4) is 0 Å². The molecule has 0 aromatic heterocycles. The molecule has 2 rings (SSSR count). The highest BCUT2D eigenvalue weighted by Crippen LogP contribution is 2.22. The zero-order valence-electron chi connectivity index (χ0n) is 14.7. The maximum Gasteiger partial charge on any atom is 0.257 e. The second kappa shape index (κ2) is 7.58. The van der Waals surface area contributed by atoms with Gasteiger partial charge in [-0.1, -0.05) is 51.1 Å². The molecule has 126 valence electrons. The van der Waals surface area contributed by atoms with Crippen molar-refractivity contribution in [2.24, 2.45) is 0 Å². The van der Waals surface area contributed by atoms with Crippen molar-refractivity contribution in [2.45, 2.75) is 33.1 Å². The van der Waals surface area contributed by atoms with Crippen LogP contribution < -0.4 is 10.2 Å². The Bertz CT molecular complexity index is 703. The highest BCUT2D eigenvalue weighted by molar-refractivity contribution is 7.80. The van der Waals surface area contributed by atoms with Crippen LogP contribution in [-0.2, 0) is 5.41 Å². The van der Waals surface area contributed by atoms with Crippen LogP contribution in [0.25, 0.3) is 0 Å². The fourth-order valence-corrected chi connectivity index (χ4v) is 2.74. The Morgan fingerprint density at radius 1 is 1.04 bits per heavy atom. The summed E-state index contributed by atoms with van der Waals surface area (Å²) in [5.74, 6) is -0.185. The third-order valence-electron chi connectivity index (χ3n) is 3.86. The number of amides is 1. The molecule has 0 saturated carbocycles. The summed E-state index contributed by atoms with van der Waals surface area (Å²) in [7, 11) is 0. The molecule has 3 nitrogen and oxygen atoms in total. The first-order valence-corrected chi connectivity index (χ1v) is 8.52. The van der Waals surface area contributed by atoms with Crippen molar-refractivity contribution in [1.29, 1.82) is 0 Å². The molecule has 0 unspecified atom stereocenters. The largest absolute Gasteiger partial charge is 0.319 e. The highest BCUT2D eigenvalue weighted by atomic mass is 32.1. The van der Waals surface area contributed by atoms with E-state index in [2.05, 4.69) is 26.1 Å². The number of thiocarbonyl (C=S) groups is 1. The summed E-state index contributed by atoms with van der Waals surface area (Å²) in [6.45, 7) is 9.14. The molecular weight excluding hydrogens is 316 g/mol. The fraction of sp³-hybridized carbons (Fsp3) is 0.300. The molecule has 2 aromatic rings. The molecule has 0 atom stereocenters. The van der Waals surface area contributed by atoms with Crippen molar-refractivity contribution in [3.05, 3.63) is 65.7 Å². The maximum atomic E-state index is 12.4. The molecular formula is C20H24N2OS. The van der Waals surface area contributed by atoms with Gasteiger partial charge in [-0.05, 0) is 54.4 Å². The van der Waals surface area contributed by atoms with E-state index in [9.17, 15) is 4.79 Å². The Morgan fingerprint density at radius 2 is 1.62 bits per heavy atom. The first-order chi connectivity index (χ1) is 11.3. The monoisotopic (exact) mass is 340 g/mol. The molecule has 0 saturated heterocycles. The molecule has 0 heterocycles. The Kier molecular flexibility index (Phi) is 5.73. The average Bonchev–Trinajstić information content (AvgIpc) is 2.56. The minimum absolute atomic E-state index is 0.0661. The smallest absolute Gasteiger partial charge is 0.257 e. The van der Waals surface area contributed by atoms with Gasteiger partial charge in [0.25, 0.3) is 5.91 Å². The van der Waals surface area contributed by atoms with Crippen LogP contribution in [-0.4, -0.2) is 17.6 Å². The summed E-state index contributed by atoms with van der Waals surface area (Å²) in [6, 6.07) is 17.5. The van der Waals surface area contributed by atoms with Gasteiger partial charge >= 0.3 is 0 Å². The normalized spacial score (nSPS) is 11.0. The standard InChI is InChI=1S/C20H24N2OS/c1-5-22(17-9-7-6-8-10-17)19(24)21-18(23)15-11-13-16(14-12-15)20(2,3)4/h6-14H,5H2,1-4H3,(H,21,23,24). The Balaban J connectivity index is 2.09. The SMILES string of the molecule is CCN(C(=S)NC(=O)c1ccc(C(C)(C)C)cc1)c1ccccc1. The van der Waals surface area contributed by atoms with Gasteiger partial charge in [-0.3, -0.25) is 10.1 Å². The number of hydrogen-bond donors (Lipinski definition) is 1. The molecule has 24 heavy (non-hydrogen) atoms. The van der Waals surface area contributed by atoms with Gasteiger partial charge in [0.2, 0.25) is 0 Å². The predicted molar refractivity (Wildman–Crippen MR) is 105 cm³/mol. The Labute approximate surface area is 149 Å². The van der Waals surface area contributed by atoms with E-state index in [-0.39, 0.29) is 11.3 Å². The average molecular weight is 340 g/mol. The van der Waals surface area contributed by atoms with Crippen molar-refractivity contribution >= 4 is 28.9 Å². The van der Waals surface area contributed by atoms with Gasteiger partial charge < -0.3 is 4.90 Å². The number of rotatable bonds is 3. The van der Waals surface area contributed by atoms with E-state index in [0.29, 0.717) is 17.2 Å². The molecule has 0 bridgehead atoms. The second-order valence-corrected chi connectivity index (χ2v) is 7.05. The van der Waals surface area contributed by atoms with Crippen LogP contribution in [0.2, 0.25) is 0 Å². The summed E-state index contributed by atoms with van der Waals surface area (Å²) >= 11 is 5.41. The van der Waals surface area contributed by atoms with Crippen LogP contribution in [0.15, 0.2) is 54.6 Å². The van der Waals surface area contributed by atoms with Crippen molar-refractivity contribution in [3.63, 3.8) is 0 Å². The van der Waals surface area contributed by atoms with E-state index in [1.54, 1.807) is 0 Å². The molecule has 0 aliphatic heterocycles. The molecule has 0 spiro atoms. The van der Waals surface area contributed by atoms with Crippen LogP contribution in [0.3, 0.4) is 0 Å². The number of nitrogens with zero attached hydrogens (tertiary/aromatic N) is 1. The first kappa shape index (κ1) is 18.1. The molecule has 1 amide bonds. The van der Waals surface area contributed by atoms with Gasteiger partial charge in [0.15, 0.2) is 5.11 Å². The number of nitrogens with one attached hydrogen (secondary N) is 1. The number of hydrogen-bond acceptors (Lipinski definition) is 2. The third kappa shape index (κ3) is 4.42. The number of carbonyl (C=O) groups excluding carboxylic acids is 1. The quantitative estimate of drug-likeness (QED) is 0.834. The lowest BCUT2D eigenvalue weighted by atomic mass is 9.87. The van der Waals surface area contributed by atoms with E-state index < -0.39 is 0 Å². The minimum Gasteiger partial charge on any atom is -0.319 e. The maximum absolute atomic E-state index is 12.4. The van der Waals surface area contributed by atoms with Crippen LogP contribution in [0.1, 0.15) is 43.6 Å². The van der Waals surface area contributed by atoms with E-state index in [1.807, 2.05) is 66.4 Å². The lowest BCUT2D eigenvalue weighted by Crippen LogP contribution is -2.42. The molecule has 4 heteroatoms. The van der Waals surface area contributed by atoms with Gasteiger partial charge in [0.05, 0.1) is 0 Å². The molecule has 0 aliphatic carbocycles. The Morgan fingerprint density at radius 3 is 2.12 bits per heavy atom. The molecule has 0 radical (unpaired) electrons. The van der Waals surface area contributed by atoms with E-state index in [4.69, 9.17) is 12.2 Å². The summed E-state index contributed by atoms with van der Waals surface area (Å²) < 4.78 is 0. The zero-order valence-corrected chi connectivity index (χ0v) is 15.5. The zero-order chi connectivity index (χ0) is 17.7. The van der Waals surface area contributed by atoms with Gasteiger partial charge in [-0.25, -0.2) is 0 Å². The molecule has 2 aromatic carbocycles. The van der Waals surface area contributed by atoms with Gasteiger partial charge in [-0.2, -0.15) is 0 Å². The van der Waals surface area contributed by atoms with Crippen LogP contribution >= 0.6 is 12.2 Å². The van der Waals surface area contributed by atoms with Crippen molar-refractivity contribution in [2.75, 3.05) is 11.4 Å². The van der Waals surface area contributed by atoms with E-state index in [0.717, 1.165) is 5.69 Å². The second-order valence-electron chi connectivity index (χ2n) is 6.67. The highest BCUT2D eigenvalue weighted by Gasteiger charge is 2.16. The van der Waals surface area contributed by atoms with E-state index >= 15 is 0 Å². The lowest BCUT2D eigenvalue weighted by molar-refractivity contribution is 0.0977. The number of carbonyl (C=O) groups is 1. The number of anilines is 1. The van der Waals surface area contributed by atoms with Crippen LogP contribution in [0.5, 0.6) is 0 Å². The molecule has 0 fully saturated rings. The predicted octanol–water partition coefficient (Wildman–Crippen LogP) is 4.53. The van der Waals surface area contributed by atoms with Gasteiger partial charge in [0, 0.05) is 17.8 Å². The van der Waals surface area contributed by atoms with Gasteiger partial charge in [-0.15, -0.1) is 0 Å². The summed E-state index contributed by atoms with van der Waals surface area (Å²) in [5.41, 5.74) is 2.83.